The van der Waals surface area contributed by atoms with Crippen molar-refractivity contribution in [3.63, 3.8) is 0 Å². The minimum absolute atomic E-state index is 0.270. The molecule has 1 aromatic rings. The lowest BCUT2D eigenvalue weighted by Gasteiger charge is -2.38. The molecule has 2 nitrogen and oxygen atoms in total. The van der Waals surface area contributed by atoms with Crippen LogP contribution in [0.4, 0.5) is 0 Å². The van der Waals surface area contributed by atoms with Gasteiger partial charge in [0.1, 0.15) is 0 Å². The summed E-state index contributed by atoms with van der Waals surface area (Å²) in [7, 11) is 1.42. The molecule has 0 amide bonds. The molecular weight excluding hydrogens is 308 g/mol. The van der Waals surface area contributed by atoms with E-state index in [1.54, 1.807) is 0 Å². The lowest BCUT2D eigenvalue weighted by molar-refractivity contribution is 0.0600. The molecule has 134 valence electrons. The van der Waals surface area contributed by atoms with E-state index >= 15 is 0 Å². The Kier molecular flexibility index (Phi) is 4.71. The molecule has 0 N–H and O–H groups in total. The second kappa shape index (κ2) is 6.97. The van der Waals surface area contributed by atoms with Crippen LogP contribution >= 0.6 is 0 Å². The quantitative estimate of drug-likeness (QED) is 0.627. The highest BCUT2D eigenvalue weighted by Crippen LogP contribution is 2.61. The first-order valence-corrected chi connectivity index (χ1v) is 10.0. The fourth-order valence-electron chi connectivity index (χ4n) is 6.09. The van der Waals surface area contributed by atoms with Crippen molar-refractivity contribution < 1.29 is 9.53 Å². The molecule has 0 aliphatic heterocycles. The van der Waals surface area contributed by atoms with Gasteiger partial charge in [0.05, 0.1) is 12.7 Å². The fourth-order valence-corrected chi connectivity index (χ4v) is 6.09. The summed E-state index contributed by atoms with van der Waals surface area (Å²) in [5.41, 5.74) is 2.44. The Morgan fingerprint density at radius 2 is 1.96 bits per heavy atom. The Morgan fingerprint density at radius 3 is 2.76 bits per heavy atom. The molecule has 3 fully saturated rings. The Hall–Kier alpha value is -1.57. The highest BCUT2D eigenvalue weighted by atomic mass is 16.5. The Morgan fingerprint density at radius 1 is 1.16 bits per heavy atom. The van der Waals surface area contributed by atoms with E-state index in [0.717, 1.165) is 23.3 Å². The SMILES string of the molecule is COC(=O)c1ccc(/C=C/CCC23CC4CCCC(C2)C(C4)C3)cc1. The van der Waals surface area contributed by atoms with Crippen LogP contribution in [0.15, 0.2) is 30.3 Å². The molecule has 4 atom stereocenters. The van der Waals surface area contributed by atoms with Crippen LogP contribution in [0.1, 0.15) is 73.7 Å². The van der Waals surface area contributed by atoms with E-state index in [2.05, 4.69) is 12.2 Å². The summed E-state index contributed by atoms with van der Waals surface area (Å²) in [5.74, 6) is 2.85. The molecule has 0 saturated heterocycles. The maximum Gasteiger partial charge on any atom is 0.337 e. The Bertz CT molecular complexity index is 641. The van der Waals surface area contributed by atoms with Crippen LogP contribution in [0, 0.1) is 23.2 Å². The molecule has 3 aliphatic carbocycles. The highest BCUT2D eigenvalue weighted by Gasteiger charge is 2.50. The van der Waals surface area contributed by atoms with E-state index < -0.39 is 0 Å². The van der Waals surface area contributed by atoms with Crippen molar-refractivity contribution in [3.8, 4) is 0 Å². The highest BCUT2D eigenvalue weighted by molar-refractivity contribution is 5.89. The van der Waals surface area contributed by atoms with Crippen LogP contribution in [0.25, 0.3) is 6.08 Å². The summed E-state index contributed by atoms with van der Waals surface area (Å²) >= 11 is 0. The van der Waals surface area contributed by atoms with Crippen molar-refractivity contribution in [1.29, 1.82) is 0 Å². The number of rotatable bonds is 5. The number of fused-ring (bicyclic) bond motifs is 2. The predicted octanol–water partition coefficient (Wildman–Crippen LogP) is 5.87. The molecule has 4 unspecified atom stereocenters. The number of hydrogen-bond donors (Lipinski definition) is 0. The van der Waals surface area contributed by atoms with Gasteiger partial charge in [-0.25, -0.2) is 4.79 Å². The summed E-state index contributed by atoms with van der Waals surface area (Å²) in [5, 5.41) is 0. The smallest absolute Gasteiger partial charge is 0.337 e. The fraction of sp³-hybridized carbons (Fsp3) is 0.609. The van der Waals surface area contributed by atoms with E-state index in [4.69, 9.17) is 4.74 Å². The summed E-state index contributed by atoms with van der Waals surface area (Å²) in [4.78, 5) is 11.5. The van der Waals surface area contributed by atoms with Crippen LogP contribution in [-0.2, 0) is 4.74 Å². The van der Waals surface area contributed by atoms with E-state index in [9.17, 15) is 4.79 Å². The molecule has 0 aromatic heterocycles. The van der Waals surface area contributed by atoms with Gasteiger partial charge in [-0.15, -0.1) is 0 Å². The second-order valence-corrected chi connectivity index (χ2v) is 8.72. The second-order valence-electron chi connectivity index (χ2n) is 8.72. The third-order valence-corrected chi connectivity index (χ3v) is 7.09. The standard InChI is InChI=1S/C23H30O2/c1-25-22(24)19-10-8-17(9-11-19)5-2-3-12-23-14-18-6-4-7-20(15-23)21(13-18)16-23/h2,5,8-11,18,20-21H,3-4,6-7,12-16H2,1H3/b5-2+. The van der Waals surface area contributed by atoms with Gasteiger partial charge in [0.25, 0.3) is 0 Å². The summed E-state index contributed by atoms with van der Waals surface area (Å²) in [6, 6.07) is 7.68. The van der Waals surface area contributed by atoms with Crippen LogP contribution < -0.4 is 0 Å². The van der Waals surface area contributed by atoms with Gasteiger partial charge in [-0.05, 0) is 79.4 Å². The average molecular weight is 338 g/mol. The largest absolute Gasteiger partial charge is 0.465 e. The van der Waals surface area contributed by atoms with Crippen molar-refractivity contribution in [2.45, 2.75) is 57.8 Å². The molecule has 2 heteroatoms. The molecule has 0 radical (unpaired) electrons. The van der Waals surface area contributed by atoms with Gasteiger partial charge in [0, 0.05) is 0 Å². The summed E-state index contributed by atoms with van der Waals surface area (Å²) in [6.45, 7) is 0. The van der Waals surface area contributed by atoms with Crippen LogP contribution in [-0.4, -0.2) is 13.1 Å². The number of ether oxygens (including phenoxy) is 1. The average Bonchev–Trinajstić information content (AvgIpc) is 2.79. The third-order valence-electron chi connectivity index (χ3n) is 7.09. The maximum atomic E-state index is 11.5. The first-order chi connectivity index (χ1) is 12.2. The van der Waals surface area contributed by atoms with Crippen LogP contribution in [0.3, 0.4) is 0 Å². The number of hydrogen-bond acceptors (Lipinski definition) is 2. The first-order valence-electron chi connectivity index (χ1n) is 10.0. The Balaban J connectivity index is 1.33. The molecule has 3 saturated carbocycles. The summed E-state index contributed by atoms with van der Waals surface area (Å²) < 4.78 is 4.74. The molecule has 0 spiro atoms. The van der Waals surface area contributed by atoms with Gasteiger partial charge in [-0.1, -0.05) is 43.5 Å². The van der Waals surface area contributed by atoms with Gasteiger partial charge in [0.15, 0.2) is 0 Å². The zero-order chi connectivity index (χ0) is 17.3. The normalized spacial score (nSPS) is 33.6. The van der Waals surface area contributed by atoms with Crippen molar-refractivity contribution in [3.05, 3.63) is 41.5 Å². The van der Waals surface area contributed by atoms with Gasteiger partial charge in [-0.3, -0.25) is 0 Å². The van der Waals surface area contributed by atoms with Crippen molar-refractivity contribution in [1.82, 2.24) is 0 Å². The van der Waals surface area contributed by atoms with Crippen LogP contribution in [0.2, 0.25) is 0 Å². The molecule has 0 heterocycles. The Labute approximate surface area is 151 Å². The third kappa shape index (κ3) is 3.54. The number of allylic oxidation sites excluding steroid dienone is 1. The number of benzene rings is 1. The molecule has 25 heavy (non-hydrogen) atoms. The maximum absolute atomic E-state index is 11.5. The van der Waals surface area contributed by atoms with E-state index in [1.807, 2.05) is 24.3 Å². The van der Waals surface area contributed by atoms with E-state index in [0.29, 0.717) is 11.0 Å². The van der Waals surface area contributed by atoms with Gasteiger partial charge in [-0.2, -0.15) is 0 Å². The minimum atomic E-state index is -0.270. The van der Waals surface area contributed by atoms with E-state index in [-0.39, 0.29) is 5.97 Å². The molecule has 1 aromatic carbocycles. The monoisotopic (exact) mass is 338 g/mol. The van der Waals surface area contributed by atoms with Gasteiger partial charge >= 0.3 is 5.97 Å². The van der Waals surface area contributed by atoms with E-state index in [1.165, 1.54) is 64.9 Å². The number of carbonyl (C=O) groups is 1. The molecule has 3 aliphatic rings. The zero-order valence-electron chi connectivity index (χ0n) is 15.4. The summed E-state index contributed by atoms with van der Waals surface area (Å²) in [6.07, 6.45) is 17.6. The number of carbonyl (C=O) groups excluding carboxylic acids is 1. The molecule has 4 rings (SSSR count). The zero-order valence-corrected chi connectivity index (χ0v) is 15.4. The van der Waals surface area contributed by atoms with Crippen molar-refractivity contribution >= 4 is 12.0 Å². The minimum Gasteiger partial charge on any atom is -0.465 e. The topological polar surface area (TPSA) is 26.3 Å². The molecular formula is C23H30O2. The molecule has 3 bridgehead atoms. The van der Waals surface area contributed by atoms with Gasteiger partial charge in [0.2, 0.25) is 0 Å². The van der Waals surface area contributed by atoms with Gasteiger partial charge < -0.3 is 4.74 Å². The van der Waals surface area contributed by atoms with Crippen molar-refractivity contribution in [2.75, 3.05) is 7.11 Å². The van der Waals surface area contributed by atoms with Crippen LogP contribution in [0.5, 0.6) is 0 Å². The number of methoxy groups -OCH3 is 1. The lowest BCUT2D eigenvalue weighted by Crippen LogP contribution is -2.26. The first kappa shape index (κ1) is 16.9. The van der Waals surface area contributed by atoms with Crippen molar-refractivity contribution in [2.24, 2.45) is 23.2 Å². The number of esters is 1. The lowest BCUT2D eigenvalue weighted by atomic mass is 9.67. The predicted molar refractivity (Wildman–Crippen MR) is 101 cm³/mol.